The van der Waals surface area contributed by atoms with Crippen LogP contribution in [0.25, 0.3) is 0 Å². The molecule has 2 heterocycles. The smallest absolute Gasteiger partial charge is 0.0597 e. The van der Waals surface area contributed by atoms with Crippen LogP contribution in [0.1, 0.15) is 44.5 Å². The lowest BCUT2D eigenvalue weighted by atomic mass is 10.1. The zero-order valence-corrected chi connectivity index (χ0v) is 11.8. The minimum Gasteiger partial charge on any atom is -0.393 e. The van der Waals surface area contributed by atoms with Gasteiger partial charge in [0.1, 0.15) is 0 Å². The number of rotatable bonds is 5. The topological polar surface area (TPSA) is 41.3 Å². The van der Waals surface area contributed by atoms with E-state index in [2.05, 4.69) is 27.7 Å². The van der Waals surface area contributed by atoms with Gasteiger partial charge in [0.05, 0.1) is 17.5 Å². The molecular weight excluding hydrogens is 226 g/mol. The third-order valence-corrected chi connectivity index (χ3v) is 3.76. The number of hydrogen-bond acceptors (Lipinski definition) is 3. The predicted octanol–water partition coefficient (Wildman–Crippen LogP) is 1.95. The van der Waals surface area contributed by atoms with Crippen molar-refractivity contribution in [2.24, 2.45) is 0 Å². The molecule has 0 bridgehead atoms. The largest absolute Gasteiger partial charge is 0.393 e. The number of likely N-dealkylation sites (tertiary alicyclic amines) is 1. The molecule has 1 aromatic rings. The van der Waals surface area contributed by atoms with E-state index in [1.807, 2.05) is 13.8 Å². The summed E-state index contributed by atoms with van der Waals surface area (Å²) in [7, 11) is 0. The Bertz CT molecular complexity index is 386. The fourth-order valence-electron chi connectivity index (χ4n) is 2.97. The molecule has 0 spiro atoms. The van der Waals surface area contributed by atoms with Crippen molar-refractivity contribution in [1.82, 2.24) is 14.7 Å². The van der Waals surface area contributed by atoms with Gasteiger partial charge in [-0.15, -0.1) is 0 Å². The SMILES string of the molecule is CCn1nc(C)cc1CN1CCCC1CC(C)O. The highest BCUT2D eigenvalue weighted by molar-refractivity contribution is 5.09. The second-order valence-corrected chi connectivity index (χ2v) is 5.44. The molecule has 1 aromatic heterocycles. The van der Waals surface area contributed by atoms with Gasteiger partial charge in [0, 0.05) is 19.1 Å². The Hall–Kier alpha value is -0.870. The molecule has 0 saturated carbocycles. The van der Waals surface area contributed by atoms with E-state index in [-0.39, 0.29) is 6.10 Å². The van der Waals surface area contributed by atoms with E-state index in [1.54, 1.807) is 0 Å². The van der Waals surface area contributed by atoms with Crippen molar-refractivity contribution in [2.45, 2.75) is 65.3 Å². The zero-order valence-electron chi connectivity index (χ0n) is 11.8. The van der Waals surface area contributed by atoms with E-state index >= 15 is 0 Å². The van der Waals surface area contributed by atoms with E-state index in [9.17, 15) is 5.11 Å². The van der Waals surface area contributed by atoms with Crippen LogP contribution in [-0.4, -0.2) is 38.5 Å². The van der Waals surface area contributed by atoms with Gasteiger partial charge in [-0.2, -0.15) is 5.10 Å². The fraction of sp³-hybridized carbons (Fsp3) is 0.786. The first-order valence-corrected chi connectivity index (χ1v) is 7.05. The molecule has 1 aliphatic rings. The fourth-order valence-corrected chi connectivity index (χ4v) is 2.97. The van der Waals surface area contributed by atoms with Gasteiger partial charge in [-0.05, 0) is 52.6 Å². The average Bonchev–Trinajstić information content (AvgIpc) is 2.86. The molecule has 1 N–H and O–H groups in total. The summed E-state index contributed by atoms with van der Waals surface area (Å²) >= 11 is 0. The Kier molecular flexibility index (Phi) is 4.40. The minimum absolute atomic E-state index is 0.201. The van der Waals surface area contributed by atoms with Crippen LogP contribution in [0.4, 0.5) is 0 Å². The molecule has 2 unspecified atom stereocenters. The van der Waals surface area contributed by atoms with Crippen LogP contribution in [0.15, 0.2) is 6.07 Å². The van der Waals surface area contributed by atoms with Crippen LogP contribution < -0.4 is 0 Å². The van der Waals surface area contributed by atoms with Crippen LogP contribution in [0.3, 0.4) is 0 Å². The summed E-state index contributed by atoms with van der Waals surface area (Å²) in [6, 6.07) is 2.71. The standard InChI is InChI=1S/C14H25N3O/c1-4-17-14(8-11(2)15-17)10-16-7-5-6-13(16)9-12(3)18/h8,12-13,18H,4-7,9-10H2,1-3H3. The number of nitrogens with zero attached hydrogens (tertiary/aromatic N) is 3. The molecule has 0 aliphatic carbocycles. The number of aliphatic hydroxyl groups excluding tert-OH is 1. The maximum atomic E-state index is 9.56. The molecule has 1 aliphatic heterocycles. The molecular formula is C14H25N3O. The highest BCUT2D eigenvalue weighted by Crippen LogP contribution is 2.23. The van der Waals surface area contributed by atoms with E-state index in [1.165, 1.54) is 18.5 Å². The van der Waals surface area contributed by atoms with E-state index in [0.29, 0.717) is 6.04 Å². The number of aliphatic hydroxyl groups is 1. The molecule has 0 amide bonds. The van der Waals surface area contributed by atoms with E-state index in [4.69, 9.17) is 0 Å². The second-order valence-electron chi connectivity index (χ2n) is 5.44. The number of hydrogen-bond donors (Lipinski definition) is 1. The molecule has 1 saturated heterocycles. The van der Waals surface area contributed by atoms with Crippen molar-refractivity contribution in [3.05, 3.63) is 17.5 Å². The van der Waals surface area contributed by atoms with Crippen molar-refractivity contribution in [3.8, 4) is 0 Å². The van der Waals surface area contributed by atoms with Gasteiger partial charge in [0.2, 0.25) is 0 Å². The Balaban J connectivity index is 2.03. The third-order valence-electron chi connectivity index (χ3n) is 3.76. The molecule has 4 nitrogen and oxygen atoms in total. The molecule has 2 rings (SSSR count). The summed E-state index contributed by atoms with van der Waals surface area (Å²) < 4.78 is 2.09. The monoisotopic (exact) mass is 251 g/mol. The Morgan fingerprint density at radius 1 is 1.56 bits per heavy atom. The van der Waals surface area contributed by atoms with Crippen molar-refractivity contribution < 1.29 is 5.11 Å². The zero-order chi connectivity index (χ0) is 13.1. The minimum atomic E-state index is -0.201. The highest BCUT2D eigenvalue weighted by atomic mass is 16.3. The molecule has 102 valence electrons. The van der Waals surface area contributed by atoms with Crippen molar-refractivity contribution in [2.75, 3.05) is 6.54 Å². The van der Waals surface area contributed by atoms with Gasteiger partial charge in [-0.1, -0.05) is 0 Å². The third kappa shape index (κ3) is 3.12. The molecule has 2 atom stereocenters. The number of aromatic nitrogens is 2. The first-order chi connectivity index (χ1) is 8.60. The predicted molar refractivity (Wildman–Crippen MR) is 72.4 cm³/mol. The lowest BCUT2D eigenvalue weighted by Crippen LogP contribution is -2.32. The van der Waals surface area contributed by atoms with Crippen LogP contribution in [0.5, 0.6) is 0 Å². The van der Waals surface area contributed by atoms with E-state index < -0.39 is 0 Å². The summed E-state index contributed by atoms with van der Waals surface area (Å²) in [5, 5.41) is 14.1. The normalized spacial score (nSPS) is 22.6. The van der Waals surface area contributed by atoms with Gasteiger partial charge in [0.15, 0.2) is 0 Å². The molecule has 0 radical (unpaired) electrons. The summed E-state index contributed by atoms with van der Waals surface area (Å²) in [4.78, 5) is 2.50. The molecule has 4 heteroatoms. The van der Waals surface area contributed by atoms with Gasteiger partial charge < -0.3 is 5.11 Å². The van der Waals surface area contributed by atoms with Crippen LogP contribution in [0, 0.1) is 6.92 Å². The lowest BCUT2D eigenvalue weighted by molar-refractivity contribution is 0.129. The van der Waals surface area contributed by atoms with Gasteiger partial charge >= 0.3 is 0 Å². The van der Waals surface area contributed by atoms with Crippen LogP contribution in [0.2, 0.25) is 0 Å². The molecule has 0 aromatic carbocycles. The second kappa shape index (κ2) is 5.85. The highest BCUT2D eigenvalue weighted by Gasteiger charge is 2.26. The first-order valence-electron chi connectivity index (χ1n) is 7.05. The van der Waals surface area contributed by atoms with E-state index in [0.717, 1.165) is 31.7 Å². The summed E-state index contributed by atoms with van der Waals surface area (Å²) in [6.07, 6.45) is 3.15. The number of aryl methyl sites for hydroxylation is 2. The van der Waals surface area contributed by atoms with Crippen molar-refractivity contribution in [3.63, 3.8) is 0 Å². The Morgan fingerprint density at radius 3 is 3.00 bits per heavy atom. The summed E-state index contributed by atoms with van der Waals surface area (Å²) in [5.41, 5.74) is 2.39. The van der Waals surface area contributed by atoms with Crippen molar-refractivity contribution >= 4 is 0 Å². The molecule has 18 heavy (non-hydrogen) atoms. The van der Waals surface area contributed by atoms with Gasteiger partial charge in [-0.3, -0.25) is 9.58 Å². The summed E-state index contributed by atoms with van der Waals surface area (Å²) in [6.45, 7) is 9.10. The Morgan fingerprint density at radius 2 is 2.33 bits per heavy atom. The van der Waals surface area contributed by atoms with Gasteiger partial charge in [0.25, 0.3) is 0 Å². The Labute approximate surface area is 110 Å². The first kappa shape index (κ1) is 13.6. The van der Waals surface area contributed by atoms with Crippen LogP contribution in [-0.2, 0) is 13.1 Å². The maximum Gasteiger partial charge on any atom is 0.0597 e. The van der Waals surface area contributed by atoms with Crippen molar-refractivity contribution in [1.29, 1.82) is 0 Å². The van der Waals surface area contributed by atoms with Crippen LogP contribution >= 0.6 is 0 Å². The summed E-state index contributed by atoms with van der Waals surface area (Å²) in [5.74, 6) is 0. The quantitative estimate of drug-likeness (QED) is 0.869. The maximum absolute atomic E-state index is 9.56. The average molecular weight is 251 g/mol. The lowest BCUT2D eigenvalue weighted by Gasteiger charge is -2.25. The molecule has 1 fully saturated rings. The van der Waals surface area contributed by atoms with Gasteiger partial charge in [-0.25, -0.2) is 0 Å².